The first-order valence-corrected chi connectivity index (χ1v) is 8.81. The summed E-state index contributed by atoms with van der Waals surface area (Å²) < 4.78 is 17.0. The molecule has 1 saturated heterocycles. The van der Waals surface area contributed by atoms with E-state index in [1.807, 2.05) is 53.4 Å². The van der Waals surface area contributed by atoms with Crippen LogP contribution in [0.15, 0.2) is 48.5 Å². The topological polar surface area (TPSA) is 51.2 Å². The van der Waals surface area contributed by atoms with E-state index in [2.05, 4.69) is 4.90 Å². The van der Waals surface area contributed by atoms with Gasteiger partial charge >= 0.3 is 0 Å². The van der Waals surface area contributed by atoms with Gasteiger partial charge in [0.05, 0.1) is 12.8 Å². The zero-order valence-corrected chi connectivity index (χ0v) is 14.8. The monoisotopic (exact) mass is 354 g/mol. The third-order valence-electron chi connectivity index (χ3n) is 4.80. The van der Waals surface area contributed by atoms with Crippen LogP contribution >= 0.6 is 0 Å². The molecule has 1 amide bonds. The molecule has 2 aliphatic rings. The fourth-order valence-corrected chi connectivity index (χ4v) is 3.40. The maximum atomic E-state index is 12.8. The van der Waals surface area contributed by atoms with Crippen molar-refractivity contribution in [2.45, 2.75) is 6.10 Å². The Kier molecular flexibility index (Phi) is 4.56. The number of hydrogen-bond acceptors (Lipinski definition) is 5. The lowest BCUT2D eigenvalue weighted by Crippen LogP contribution is -2.54. The summed E-state index contributed by atoms with van der Waals surface area (Å²) in [6, 6.07) is 15.4. The third kappa shape index (κ3) is 3.14. The van der Waals surface area contributed by atoms with Gasteiger partial charge in [-0.15, -0.1) is 0 Å². The Morgan fingerprint density at radius 2 is 1.69 bits per heavy atom. The van der Waals surface area contributed by atoms with E-state index in [1.165, 1.54) is 0 Å². The SMILES string of the molecule is COc1ccccc1N1CCN(C(=O)[C@@H]2COc3ccccc3O2)CC1. The Morgan fingerprint density at radius 1 is 1.00 bits per heavy atom. The molecule has 26 heavy (non-hydrogen) atoms. The number of amides is 1. The van der Waals surface area contributed by atoms with Gasteiger partial charge in [0.1, 0.15) is 12.4 Å². The minimum atomic E-state index is -0.581. The molecule has 0 N–H and O–H groups in total. The van der Waals surface area contributed by atoms with Crippen LogP contribution in [0.3, 0.4) is 0 Å². The molecule has 0 bridgehead atoms. The highest BCUT2D eigenvalue weighted by molar-refractivity contribution is 5.82. The Morgan fingerprint density at radius 3 is 2.46 bits per heavy atom. The molecular formula is C20H22N2O4. The fraction of sp³-hybridized carbons (Fsp3) is 0.350. The second-order valence-electron chi connectivity index (χ2n) is 6.35. The van der Waals surface area contributed by atoms with Crippen LogP contribution < -0.4 is 19.1 Å². The molecule has 1 fully saturated rings. The Hall–Kier alpha value is -2.89. The van der Waals surface area contributed by atoms with Crippen LogP contribution in [0.5, 0.6) is 17.2 Å². The molecule has 0 unspecified atom stereocenters. The molecular weight excluding hydrogens is 332 g/mol. The quantitative estimate of drug-likeness (QED) is 0.846. The first kappa shape index (κ1) is 16.6. The van der Waals surface area contributed by atoms with Crippen molar-refractivity contribution >= 4 is 11.6 Å². The highest BCUT2D eigenvalue weighted by atomic mass is 16.6. The highest BCUT2D eigenvalue weighted by Gasteiger charge is 2.33. The van der Waals surface area contributed by atoms with Gasteiger partial charge in [0.25, 0.3) is 5.91 Å². The van der Waals surface area contributed by atoms with Crippen LogP contribution in [0.4, 0.5) is 5.69 Å². The zero-order chi connectivity index (χ0) is 17.9. The molecule has 0 spiro atoms. The van der Waals surface area contributed by atoms with Crippen LogP contribution in [-0.2, 0) is 4.79 Å². The van der Waals surface area contributed by atoms with E-state index in [9.17, 15) is 4.79 Å². The van der Waals surface area contributed by atoms with Crippen molar-refractivity contribution in [1.82, 2.24) is 4.90 Å². The van der Waals surface area contributed by atoms with Crippen molar-refractivity contribution in [2.24, 2.45) is 0 Å². The molecule has 0 radical (unpaired) electrons. The van der Waals surface area contributed by atoms with Gasteiger partial charge < -0.3 is 24.0 Å². The number of ether oxygens (including phenoxy) is 3. The van der Waals surface area contributed by atoms with Crippen LogP contribution in [0.2, 0.25) is 0 Å². The first-order chi connectivity index (χ1) is 12.8. The Balaban J connectivity index is 1.38. The standard InChI is InChI=1S/C20H22N2O4/c1-24-16-7-3-2-6-15(16)21-10-12-22(13-11-21)20(23)19-14-25-17-8-4-5-9-18(17)26-19/h2-9,19H,10-14H2,1H3/t19-/m0/s1. The summed E-state index contributed by atoms with van der Waals surface area (Å²) in [6.45, 7) is 3.08. The molecule has 136 valence electrons. The van der Waals surface area contributed by atoms with Crippen molar-refractivity contribution in [1.29, 1.82) is 0 Å². The second kappa shape index (κ2) is 7.15. The number of fused-ring (bicyclic) bond motifs is 1. The van der Waals surface area contributed by atoms with E-state index in [4.69, 9.17) is 14.2 Å². The van der Waals surface area contributed by atoms with Crippen molar-refractivity contribution in [3.63, 3.8) is 0 Å². The van der Waals surface area contributed by atoms with Crippen molar-refractivity contribution in [3.8, 4) is 17.2 Å². The van der Waals surface area contributed by atoms with Gasteiger partial charge in [0.15, 0.2) is 11.5 Å². The number of methoxy groups -OCH3 is 1. The van der Waals surface area contributed by atoms with E-state index in [0.29, 0.717) is 24.6 Å². The number of nitrogens with zero attached hydrogens (tertiary/aromatic N) is 2. The number of carbonyl (C=O) groups is 1. The number of rotatable bonds is 3. The average molecular weight is 354 g/mol. The van der Waals surface area contributed by atoms with Crippen LogP contribution in [0.25, 0.3) is 0 Å². The van der Waals surface area contributed by atoms with Gasteiger partial charge in [-0.1, -0.05) is 24.3 Å². The number of anilines is 1. The van der Waals surface area contributed by atoms with Crippen molar-refractivity contribution in [3.05, 3.63) is 48.5 Å². The summed E-state index contributed by atoms with van der Waals surface area (Å²) >= 11 is 0. The molecule has 2 aliphatic heterocycles. The van der Waals surface area contributed by atoms with Crippen molar-refractivity contribution in [2.75, 3.05) is 44.8 Å². The summed E-state index contributed by atoms with van der Waals surface area (Å²) in [6.07, 6.45) is -0.581. The van der Waals surface area contributed by atoms with Crippen LogP contribution in [0.1, 0.15) is 0 Å². The van der Waals surface area contributed by atoms with Gasteiger partial charge in [-0.25, -0.2) is 0 Å². The summed E-state index contributed by atoms with van der Waals surface area (Å²) in [4.78, 5) is 16.9. The zero-order valence-electron chi connectivity index (χ0n) is 14.8. The van der Waals surface area contributed by atoms with Crippen molar-refractivity contribution < 1.29 is 19.0 Å². The minimum Gasteiger partial charge on any atom is -0.495 e. The number of benzene rings is 2. The predicted molar refractivity (Wildman–Crippen MR) is 98.1 cm³/mol. The molecule has 0 aromatic heterocycles. The molecule has 2 aromatic carbocycles. The fourth-order valence-electron chi connectivity index (χ4n) is 3.40. The Labute approximate surface area is 152 Å². The van der Waals surface area contributed by atoms with Gasteiger partial charge in [0.2, 0.25) is 6.10 Å². The maximum Gasteiger partial charge on any atom is 0.267 e. The van der Waals surface area contributed by atoms with Crippen LogP contribution in [-0.4, -0.2) is 56.8 Å². The summed E-state index contributed by atoms with van der Waals surface area (Å²) in [7, 11) is 1.68. The second-order valence-corrected chi connectivity index (χ2v) is 6.35. The molecule has 4 rings (SSSR count). The van der Waals surface area contributed by atoms with E-state index in [-0.39, 0.29) is 12.5 Å². The lowest BCUT2D eigenvalue weighted by Gasteiger charge is -2.38. The molecule has 1 atom stereocenters. The normalized spacial score (nSPS) is 19.2. The van der Waals surface area contributed by atoms with E-state index in [1.54, 1.807) is 7.11 Å². The Bertz CT molecular complexity index is 787. The molecule has 0 aliphatic carbocycles. The molecule has 0 saturated carbocycles. The number of para-hydroxylation sites is 4. The van der Waals surface area contributed by atoms with Gasteiger partial charge in [-0.3, -0.25) is 4.79 Å². The number of hydrogen-bond donors (Lipinski definition) is 0. The lowest BCUT2D eigenvalue weighted by molar-refractivity contribution is -0.141. The van der Waals surface area contributed by atoms with Gasteiger partial charge in [-0.2, -0.15) is 0 Å². The number of carbonyl (C=O) groups excluding carboxylic acids is 1. The first-order valence-electron chi connectivity index (χ1n) is 8.81. The van der Waals surface area contributed by atoms with E-state index in [0.717, 1.165) is 24.5 Å². The molecule has 6 heteroatoms. The average Bonchev–Trinajstić information content (AvgIpc) is 2.73. The van der Waals surface area contributed by atoms with E-state index >= 15 is 0 Å². The smallest absolute Gasteiger partial charge is 0.267 e. The maximum absolute atomic E-state index is 12.8. The van der Waals surface area contributed by atoms with E-state index < -0.39 is 6.10 Å². The molecule has 6 nitrogen and oxygen atoms in total. The van der Waals surface area contributed by atoms with Crippen LogP contribution in [0, 0.1) is 0 Å². The largest absolute Gasteiger partial charge is 0.495 e. The summed E-state index contributed by atoms with van der Waals surface area (Å²) in [5, 5.41) is 0. The van der Waals surface area contributed by atoms with Gasteiger partial charge in [0, 0.05) is 26.2 Å². The lowest BCUT2D eigenvalue weighted by atomic mass is 10.2. The molecule has 2 heterocycles. The predicted octanol–water partition coefficient (Wildman–Crippen LogP) is 2.18. The number of piperazine rings is 1. The highest BCUT2D eigenvalue weighted by Crippen LogP contribution is 2.32. The molecule has 2 aromatic rings. The van der Waals surface area contributed by atoms with Gasteiger partial charge in [-0.05, 0) is 24.3 Å². The third-order valence-corrected chi connectivity index (χ3v) is 4.80. The minimum absolute atomic E-state index is 0.0146. The summed E-state index contributed by atoms with van der Waals surface area (Å²) in [5.41, 5.74) is 1.06. The summed E-state index contributed by atoms with van der Waals surface area (Å²) in [5.74, 6) is 2.16.